The van der Waals surface area contributed by atoms with Crippen molar-refractivity contribution in [1.29, 1.82) is 5.26 Å². The maximum Gasteiger partial charge on any atom is 0.119 e. The molecule has 0 radical (unpaired) electrons. The number of nitrogens with zero attached hydrogens (tertiary/aromatic N) is 2. The van der Waals surface area contributed by atoms with E-state index in [2.05, 4.69) is 21.4 Å². The molecule has 0 aliphatic carbocycles. The molecule has 2 aromatic carbocycles. The number of rotatable bonds is 6. The molecule has 4 aromatic rings. The number of H-pyrrole nitrogens is 1. The van der Waals surface area contributed by atoms with Crippen molar-refractivity contribution in [3.05, 3.63) is 72.7 Å². The third-order valence-corrected chi connectivity index (χ3v) is 4.53. The minimum absolute atomic E-state index is 0.421. The Morgan fingerprint density at radius 3 is 2.93 bits per heavy atom. The summed E-state index contributed by atoms with van der Waals surface area (Å²) in [4.78, 5) is 7.42. The second-order valence-corrected chi connectivity index (χ2v) is 6.57. The molecule has 0 saturated heterocycles. The Morgan fingerprint density at radius 2 is 2.07 bits per heavy atom. The number of benzene rings is 2. The predicted octanol–water partition coefficient (Wildman–Crippen LogP) is 5.46. The van der Waals surface area contributed by atoms with Crippen LogP contribution < -0.4 is 10.1 Å². The van der Waals surface area contributed by atoms with E-state index in [-0.39, 0.29) is 0 Å². The molecule has 0 saturated carbocycles. The van der Waals surface area contributed by atoms with Gasteiger partial charge in [-0.3, -0.25) is 4.98 Å². The second kappa shape index (κ2) is 8.03. The highest BCUT2D eigenvalue weighted by molar-refractivity contribution is 6.18. The number of nitriles is 1. The van der Waals surface area contributed by atoms with E-state index in [0.29, 0.717) is 23.7 Å². The van der Waals surface area contributed by atoms with E-state index in [9.17, 15) is 5.26 Å². The van der Waals surface area contributed by atoms with Gasteiger partial charge >= 0.3 is 0 Å². The average Bonchev–Trinajstić information content (AvgIpc) is 3.20. The first kappa shape index (κ1) is 17.9. The van der Waals surface area contributed by atoms with E-state index < -0.39 is 0 Å². The zero-order valence-electron chi connectivity index (χ0n) is 14.9. The third kappa shape index (κ3) is 3.64. The average molecular weight is 389 g/mol. The van der Waals surface area contributed by atoms with Crippen molar-refractivity contribution in [2.24, 2.45) is 0 Å². The summed E-state index contributed by atoms with van der Waals surface area (Å²) in [6, 6.07) is 17.9. The summed E-state index contributed by atoms with van der Waals surface area (Å²) in [5.74, 6) is 1.14. The Morgan fingerprint density at radius 1 is 1.14 bits per heavy atom. The van der Waals surface area contributed by atoms with E-state index in [1.165, 1.54) is 0 Å². The molecular formula is C22H17ClN4O. The van der Waals surface area contributed by atoms with E-state index in [1.807, 2.05) is 54.7 Å². The molecule has 4 rings (SSSR count). The number of hydrogen-bond donors (Lipinski definition) is 2. The lowest BCUT2D eigenvalue weighted by atomic mass is 10.0. The lowest BCUT2D eigenvalue weighted by Crippen LogP contribution is -2.00. The topological polar surface area (TPSA) is 73.7 Å². The SMILES string of the molecule is N#Cc1cncc(-c2cccc(OCCCl)c2)c1Nc1ccc2[nH]ccc2c1. The van der Waals surface area contributed by atoms with E-state index in [1.54, 1.807) is 12.4 Å². The minimum Gasteiger partial charge on any atom is -0.492 e. The molecule has 2 heterocycles. The van der Waals surface area contributed by atoms with Gasteiger partial charge in [-0.2, -0.15) is 5.26 Å². The number of aromatic nitrogens is 2. The van der Waals surface area contributed by atoms with Crippen molar-refractivity contribution in [1.82, 2.24) is 9.97 Å². The molecule has 0 spiro atoms. The number of aromatic amines is 1. The zero-order chi connectivity index (χ0) is 19.3. The van der Waals surface area contributed by atoms with Gasteiger partial charge in [0, 0.05) is 40.7 Å². The molecule has 0 aliphatic rings. The molecular weight excluding hydrogens is 372 g/mol. The fourth-order valence-corrected chi connectivity index (χ4v) is 3.16. The van der Waals surface area contributed by atoms with Crippen LogP contribution in [0.2, 0.25) is 0 Å². The Labute approximate surface area is 167 Å². The van der Waals surface area contributed by atoms with Gasteiger partial charge in [0.2, 0.25) is 0 Å². The Kier molecular flexibility index (Phi) is 5.14. The number of hydrogen-bond acceptors (Lipinski definition) is 4. The van der Waals surface area contributed by atoms with E-state index >= 15 is 0 Å². The smallest absolute Gasteiger partial charge is 0.119 e. The van der Waals surface area contributed by atoms with Crippen LogP contribution in [0.3, 0.4) is 0 Å². The Hall–Kier alpha value is -3.49. The summed E-state index contributed by atoms with van der Waals surface area (Å²) in [6.07, 6.45) is 5.21. The van der Waals surface area contributed by atoms with Crippen LogP contribution in [0, 0.1) is 11.3 Å². The van der Waals surface area contributed by atoms with Gasteiger partial charge in [0.25, 0.3) is 0 Å². The largest absolute Gasteiger partial charge is 0.492 e. The minimum atomic E-state index is 0.421. The number of alkyl halides is 1. The monoisotopic (exact) mass is 388 g/mol. The molecule has 0 atom stereocenters. The van der Waals surface area contributed by atoms with Crippen LogP contribution in [0.5, 0.6) is 5.75 Å². The van der Waals surface area contributed by atoms with Crippen LogP contribution in [0.15, 0.2) is 67.1 Å². The predicted molar refractivity (Wildman–Crippen MR) is 112 cm³/mol. The fraction of sp³-hybridized carbons (Fsp3) is 0.0909. The second-order valence-electron chi connectivity index (χ2n) is 6.19. The molecule has 28 heavy (non-hydrogen) atoms. The molecule has 0 fully saturated rings. The van der Waals surface area contributed by atoms with E-state index in [0.717, 1.165) is 33.5 Å². The van der Waals surface area contributed by atoms with Gasteiger partial charge in [-0.15, -0.1) is 11.6 Å². The molecule has 0 bridgehead atoms. The maximum absolute atomic E-state index is 9.60. The van der Waals surface area contributed by atoms with Crippen LogP contribution in [0.25, 0.3) is 22.0 Å². The van der Waals surface area contributed by atoms with Gasteiger partial charge in [0.1, 0.15) is 18.4 Å². The zero-order valence-corrected chi connectivity index (χ0v) is 15.7. The van der Waals surface area contributed by atoms with Gasteiger partial charge in [0.15, 0.2) is 0 Å². The number of ether oxygens (including phenoxy) is 1. The number of anilines is 2. The normalized spacial score (nSPS) is 10.6. The van der Waals surface area contributed by atoms with Gasteiger partial charge in [0.05, 0.1) is 17.1 Å². The van der Waals surface area contributed by atoms with Crippen LogP contribution in [0.4, 0.5) is 11.4 Å². The van der Waals surface area contributed by atoms with Crippen molar-refractivity contribution < 1.29 is 4.74 Å². The highest BCUT2D eigenvalue weighted by Gasteiger charge is 2.13. The van der Waals surface area contributed by atoms with E-state index in [4.69, 9.17) is 16.3 Å². The van der Waals surface area contributed by atoms with Crippen LogP contribution in [-0.2, 0) is 0 Å². The summed E-state index contributed by atoms with van der Waals surface area (Å²) in [5.41, 5.74) is 4.86. The van der Waals surface area contributed by atoms with Gasteiger partial charge in [-0.05, 0) is 42.0 Å². The van der Waals surface area contributed by atoms with Crippen LogP contribution in [0.1, 0.15) is 5.56 Å². The summed E-state index contributed by atoms with van der Waals surface area (Å²) in [7, 11) is 0. The lowest BCUT2D eigenvalue weighted by molar-refractivity contribution is 0.343. The lowest BCUT2D eigenvalue weighted by Gasteiger charge is -2.14. The number of nitrogens with one attached hydrogen (secondary N) is 2. The third-order valence-electron chi connectivity index (χ3n) is 4.38. The van der Waals surface area contributed by atoms with Crippen LogP contribution >= 0.6 is 11.6 Å². The maximum atomic E-state index is 9.60. The van der Waals surface area contributed by atoms with Crippen molar-refractivity contribution in [2.75, 3.05) is 17.8 Å². The summed E-state index contributed by atoms with van der Waals surface area (Å²) in [6.45, 7) is 0.434. The van der Waals surface area contributed by atoms with Crippen molar-refractivity contribution >= 4 is 33.9 Å². The highest BCUT2D eigenvalue weighted by Crippen LogP contribution is 2.34. The fourth-order valence-electron chi connectivity index (χ4n) is 3.08. The van der Waals surface area contributed by atoms with Crippen molar-refractivity contribution in [3.63, 3.8) is 0 Å². The van der Waals surface area contributed by atoms with Gasteiger partial charge in [-0.25, -0.2) is 0 Å². The molecule has 6 heteroatoms. The quantitative estimate of drug-likeness (QED) is 0.430. The van der Waals surface area contributed by atoms with Gasteiger partial charge < -0.3 is 15.0 Å². The van der Waals surface area contributed by atoms with Crippen LogP contribution in [-0.4, -0.2) is 22.5 Å². The van der Waals surface area contributed by atoms with Crippen molar-refractivity contribution in [3.8, 4) is 22.9 Å². The highest BCUT2D eigenvalue weighted by atomic mass is 35.5. The first-order valence-corrected chi connectivity index (χ1v) is 9.33. The molecule has 0 unspecified atom stereocenters. The molecule has 2 N–H and O–H groups in total. The summed E-state index contributed by atoms with van der Waals surface area (Å²) < 4.78 is 5.63. The Balaban J connectivity index is 1.75. The number of halogens is 1. The van der Waals surface area contributed by atoms with Crippen molar-refractivity contribution in [2.45, 2.75) is 0 Å². The molecule has 0 aliphatic heterocycles. The molecule has 2 aromatic heterocycles. The molecule has 0 amide bonds. The Bertz CT molecular complexity index is 1160. The molecule has 5 nitrogen and oxygen atoms in total. The summed E-state index contributed by atoms with van der Waals surface area (Å²) in [5, 5.41) is 14.1. The summed E-state index contributed by atoms with van der Waals surface area (Å²) >= 11 is 5.71. The molecule has 138 valence electrons. The number of fused-ring (bicyclic) bond motifs is 1. The number of pyridine rings is 1. The standard InChI is InChI=1S/C22H17ClN4O/c23-7-9-28-19-3-1-2-15(11-19)20-14-25-13-17(12-24)22(20)27-18-4-5-21-16(10-18)6-8-26-21/h1-6,8,10-11,13-14,26H,7,9H2,(H,25,27). The first-order valence-electron chi connectivity index (χ1n) is 8.80. The first-order chi connectivity index (χ1) is 13.8. The van der Waals surface area contributed by atoms with Gasteiger partial charge in [-0.1, -0.05) is 12.1 Å².